The molecule has 0 radical (unpaired) electrons. The molecule has 0 aliphatic heterocycles. The van der Waals surface area contributed by atoms with Gasteiger partial charge < -0.3 is 14.2 Å². The maximum atomic E-state index is 12.8. The summed E-state index contributed by atoms with van der Waals surface area (Å²) in [6.07, 6.45) is 88.4. The summed E-state index contributed by atoms with van der Waals surface area (Å²) in [5, 5.41) is 0. The van der Waals surface area contributed by atoms with Gasteiger partial charge in [-0.05, 0) is 89.9 Å². The van der Waals surface area contributed by atoms with Gasteiger partial charge in [0.05, 0.1) is 6.42 Å². The topological polar surface area (TPSA) is 78.9 Å². The number of rotatable bonds is 56. The minimum atomic E-state index is -0.829. The highest BCUT2D eigenvalue weighted by molar-refractivity contribution is 5.72. The Morgan fingerprint density at radius 3 is 0.868 bits per heavy atom. The van der Waals surface area contributed by atoms with Crippen LogP contribution in [0.25, 0.3) is 0 Å². The van der Waals surface area contributed by atoms with Gasteiger partial charge in [0.2, 0.25) is 0 Å². The largest absolute Gasteiger partial charge is 0.462 e. The molecule has 0 amide bonds. The minimum absolute atomic E-state index is 0.0970. The van der Waals surface area contributed by atoms with Gasteiger partial charge in [0.1, 0.15) is 13.2 Å². The van der Waals surface area contributed by atoms with Crippen molar-refractivity contribution < 1.29 is 28.6 Å². The molecule has 0 rings (SSSR count). The number of esters is 3. The molecule has 0 aliphatic rings. The number of carbonyl (C=O) groups excluding carboxylic acids is 3. The van der Waals surface area contributed by atoms with E-state index < -0.39 is 12.1 Å². The second kappa shape index (κ2) is 63.3. The van der Waals surface area contributed by atoms with E-state index in [2.05, 4.69) is 130 Å². The molecule has 0 spiro atoms. The first-order valence-corrected chi connectivity index (χ1v) is 31.5. The highest BCUT2D eigenvalue weighted by atomic mass is 16.6. The van der Waals surface area contributed by atoms with Crippen molar-refractivity contribution >= 4 is 17.9 Å². The third-order valence-corrected chi connectivity index (χ3v) is 13.2. The first-order chi connectivity index (χ1) is 37.5. The quantitative estimate of drug-likeness (QED) is 0.0261. The van der Waals surface area contributed by atoms with Gasteiger partial charge in [0.15, 0.2) is 6.10 Å². The molecule has 0 heterocycles. The van der Waals surface area contributed by atoms with Crippen molar-refractivity contribution in [1.82, 2.24) is 0 Å². The van der Waals surface area contributed by atoms with Crippen LogP contribution in [0, 0.1) is 0 Å². The van der Waals surface area contributed by atoms with Crippen molar-refractivity contribution in [2.75, 3.05) is 13.2 Å². The molecule has 0 N–H and O–H groups in total. The number of unbranched alkanes of at least 4 members (excludes halogenated alkanes) is 26. The lowest BCUT2D eigenvalue weighted by atomic mass is 10.0. The third kappa shape index (κ3) is 60.7. The lowest BCUT2D eigenvalue weighted by Crippen LogP contribution is -2.30. The molecule has 1 unspecified atom stereocenters. The van der Waals surface area contributed by atoms with Crippen molar-refractivity contribution in [3.63, 3.8) is 0 Å². The summed E-state index contributed by atoms with van der Waals surface area (Å²) < 4.78 is 16.7. The molecular formula is C70H116O6. The molecule has 0 fully saturated rings. The van der Waals surface area contributed by atoms with E-state index in [-0.39, 0.29) is 31.6 Å². The van der Waals surface area contributed by atoms with Crippen LogP contribution < -0.4 is 0 Å². The van der Waals surface area contributed by atoms with E-state index in [1.54, 1.807) is 6.08 Å². The number of hydrogen-bond acceptors (Lipinski definition) is 6. The molecule has 0 aliphatic carbocycles. The van der Waals surface area contributed by atoms with Crippen molar-refractivity contribution in [1.29, 1.82) is 0 Å². The van der Waals surface area contributed by atoms with E-state index in [1.807, 2.05) is 6.08 Å². The molecule has 0 aromatic rings. The summed E-state index contributed by atoms with van der Waals surface area (Å²) >= 11 is 0. The Labute approximate surface area is 469 Å². The van der Waals surface area contributed by atoms with Gasteiger partial charge in [-0.1, -0.05) is 296 Å². The van der Waals surface area contributed by atoms with Crippen molar-refractivity contribution in [2.24, 2.45) is 0 Å². The summed E-state index contributed by atoms with van der Waals surface area (Å²) in [5.74, 6) is -1.05. The first kappa shape index (κ1) is 71.8. The average Bonchev–Trinajstić information content (AvgIpc) is 3.42. The Kier molecular flexibility index (Phi) is 59.9. The van der Waals surface area contributed by atoms with Crippen molar-refractivity contribution in [3.8, 4) is 0 Å². The van der Waals surface area contributed by atoms with Gasteiger partial charge in [-0.3, -0.25) is 14.4 Å². The summed E-state index contributed by atoms with van der Waals surface area (Å²) in [7, 11) is 0. The monoisotopic (exact) mass is 1050 g/mol. The normalized spacial score (nSPS) is 12.9. The molecule has 76 heavy (non-hydrogen) atoms. The Bertz CT molecular complexity index is 1590. The predicted molar refractivity (Wildman–Crippen MR) is 330 cm³/mol. The van der Waals surface area contributed by atoms with E-state index >= 15 is 0 Å². The Balaban J connectivity index is 4.07. The number of ether oxygens (including phenoxy) is 3. The predicted octanol–water partition coefficient (Wildman–Crippen LogP) is 21.6. The van der Waals surface area contributed by atoms with Gasteiger partial charge in [-0.2, -0.15) is 0 Å². The Morgan fingerprint density at radius 2 is 0.553 bits per heavy atom. The first-order valence-electron chi connectivity index (χ1n) is 31.5. The number of hydrogen-bond donors (Lipinski definition) is 0. The summed E-state index contributed by atoms with van der Waals surface area (Å²) in [6, 6.07) is 0. The maximum absolute atomic E-state index is 12.8. The molecule has 432 valence electrons. The molecule has 6 heteroatoms. The lowest BCUT2D eigenvalue weighted by Gasteiger charge is -2.18. The molecule has 0 saturated heterocycles. The highest BCUT2D eigenvalue weighted by Gasteiger charge is 2.19. The smallest absolute Gasteiger partial charge is 0.310 e. The molecule has 1 atom stereocenters. The van der Waals surface area contributed by atoms with Crippen LogP contribution in [0.2, 0.25) is 0 Å². The standard InChI is InChI=1S/C70H116O6/c1-4-7-10-13-16-19-21-23-25-26-27-28-29-30-31-32-33-34-35-36-37-38-39-40-41-42-43-44-46-47-49-51-54-57-60-63-69(72)75-66-67(65-74-68(71)62-59-56-53-18-15-12-9-6-3)76-70(73)64-61-58-55-52-50-48-45-24-22-20-17-14-11-8-5-2/h7-8,10-11,16-17,19-20,23-25,27-28,30-31,45,50,52,58,61,67H,4-6,9,12-15,18,21-22,26,29,32-44,46-49,51,53-57,59-60,62-66H2,1-3H3/b10-7-,11-8-,19-16-,20-17-,25-23-,28-27-,31-30-,45-24-,52-50-,61-58-. The zero-order chi connectivity index (χ0) is 55.0. The maximum Gasteiger partial charge on any atom is 0.310 e. The van der Waals surface area contributed by atoms with Crippen LogP contribution in [-0.4, -0.2) is 37.2 Å². The van der Waals surface area contributed by atoms with Crippen molar-refractivity contribution in [2.45, 2.75) is 290 Å². The van der Waals surface area contributed by atoms with Crippen LogP contribution in [0.15, 0.2) is 122 Å². The zero-order valence-corrected chi connectivity index (χ0v) is 49.5. The average molecular weight is 1050 g/mol. The van der Waals surface area contributed by atoms with Gasteiger partial charge >= 0.3 is 17.9 Å². The second-order valence-corrected chi connectivity index (χ2v) is 20.6. The van der Waals surface area contributed by atoms with Crippen LogP contribution >= 0.6 is 0 Å². The van der Waals surface area contributed by atoms with Crippen LogP contribution in [0.3, 0.4) is 0 Å². The fraction of sp³-hybridized carbons (Fsp3) is 0.671. The number of carbonyl (C=O) groups is 3. The van der Waals surface area contributed by atoms with Gasteiger partial charge in [-0.15, -0.1) is 0 Å². The van der Waals surface area contributed by atoms with Crippen LogP contribution in [0.1, 0.15) is 284 Å². The molecule has 0 saturated carbocycles. The number of allylic oxidation sites excluding steroid dienone is 19. The highest BCUT2D eigenvalue weighted by Crippen LogP contribution is 2.16. The van der Waals surface area contributed by atoms with Gasteiger partial charge in [0.25, 0.3) is 0 Å². The Morgan fingerprint density at radius 1 is 0.289 bits per heavy atom. The van der Waals surface area contributed by atoms with E-state index in [0.29, 0.717) is 12.8 Å². The zero-order valence-electron chi connectivity index (χ0n) is 49.5. The summed E-state index contributed by atoms with van der Waals surface area (Å²) in [5.41, 5.74) is 0. The van der Waals surface area contributed by atoms with E-state index in [1.165, 1.54) is 141 Å². The fourth-order valence-electron chi connectivity index (χ4n) is 8.61. The SMILES string of the molecule is CC/C=C\C/C=C\C/C=C\C/C=C\C/C=C\CCCCCCCCCCCCCCCCCCCCCC(=O)OCC(COC(=O)CCCCCCCCCC)OC(=O)C/C=C\C/C=C\C/C=C\C/C=C\C/C=C\CC. The van der Waals surface area contributed by atoms with E-state index in [4.69, 9.17) is 14.2 Å². The fourth-order valence-corrected chi connectivity index (χ4v) is 8.61. The lowest BCUT2D eigenvalue weighted by molar-refractivity contribution is -0.166. The van der Waals surface area contributed by atoms with Crippen LogP contribution in [-0.2, 0) is 28.6 Å². The minimum Gasteiger partial charge on any atom is -0.462 e. The van der Waals surface area contributed by atoms with Crippen LogP contribution in [0.5, 0.6) is 0 Å². The molecular weight excluding hydrogens is 937 g/mol. The summed E-state index contributed by atoms with van der Waals surface area (Å²) in [4.78, 5) is 37.9. The van der Waals surface area contributed by atoms with Gasteiger partial charge in [-0.25, -0.2) is 0 Å². The molecule has 0 bridgehead atoms. The summed E-state index contributed by atoms with van der Waals surface area (Å²) in [6.45, 7) is 6.30. The van der Waals surface area contributed by atoms with E-state index in [0.717, 1.165) is 103 Å². The molecule has 0 aromatic carbocycles. The second-order valence-electron chi connectivity index (χ2n) is 20.6. The van der Waals surface area contributed by atoms with E-state index in [9.17, 15) is 14.4 Å². The molecule has 6 nitrogen and oxygen atoms in total. The Hall–Kier alpha value is -4.19. The van der Waals surface area contributed by atoms with Crippen LogP contribution in [0.4, 0.5) is 0 Å². The third-order valence-electron chi connectivity index (χ3n) is 13.2. The van der Waals surface area contributed by atoms with Gasteiger partial charge in [0, 0.05) is 12.8 Å². The molecule has 0 aromatic heterocycles. The van der Waals surface area contributed by atoms with Crippen molar-refractivity contribution in [3.05, 3.63) is 122 Å².